The maximum absolute atomic E-state index is 9.94. The Labute approximate surface area is 195 Å². The van der Waals surface area contributed by atoms with Crippen LogP contribution < -0.4 is 0 Å². The smallest absolute Gasteiger partial charge is 0.0689 e. The molecule has 0 N–H and O–H groups in total. The predicted molar refractivity (Wildman–Crippen MR) is 134 cm³/mol. The molecular formula is C30H53N. The summed E-state index contributed by atoms with van der Waals surface area (Å²) in [4.78, 5) is 0. The van der Waals surface area contributed by atoms with Gasteiger partial charge in [0.25, 0.3) is 0 Å². The van der Waals surface area contributed by atoms with Gasteiger partial charge in [-0.15, -0.1) is 0 Å². The van der Waals surface area contributed by atoms with E-state index in [4.69, 9.17) is 0 Å². The molecule has 1 heteroatoms. The summed E-state index contributed by atoms with van der Waals surface area (Å²) in [5, 5.41) is 9.94. The van der Waals surface area contributed by atoms with E-state index in [-0.39, 0.29) is 5.41 Å². The molecule has 0 radical (unpaired) electrons. The molecule has 3 saturated carbocycles. The van der Waals surface area contributed by atoms with Gasteiger partial charge in [-0.2, -0.15) is 5.26 Å². The summed E-state index contributed by atoms with van der Waals surface area (Å²) in [6.07, 6.45) is 29.4. The van der Waals surface area contributed by atoms with Gasteiger partial charge in [-0.3, -0.25) is 0 Å². The fourth-order valence-corrected chi connectivity index (χ4v) is 7.68. The lowest BCUT2D eigenvalue weighted by molar-refractivity contribution is 0.0897. The zero-order valence-corrected chi connectivity index (χ0v) is 21.2. The average Bonchev–Trinajstić information content (AvgIpc) is 2.83. The molecule has 3 rings (SSSR count). The Morgan fingerprint density at radius 2 is 1.10 bits per heavy atom. The Bertz CT molecular complexity index is 507. The lowest BCUT2D eigenvalue weighted by atomic mass is 9.62. The van der Waals surface area contributed by atoms with Gasteiger partial charge >= 0.3 is 0 Å². The second-order valence-electron chi connectivity index (χ2n) is 12.0. The minimum absolute atomic E-state index is 0.0380. The van der Waals surface area contributed by atoms with Gasteiger partial charge in [0, 0.05) is 0 Å². The second-order valence-corrected chi connectivity index (χ2v) is 12.0. The molecule has 3 fully saturated rings. The van der Waals surface area contributed by atoms with Crippen molar-refractivity contribution in [2.75, 3.05) is 0 Å². The normalized spacial score (nSPS) is 36.7. The van der Waals surface area contributed by atoms with E-state index >= 15 is 0 Å². The fourth-order valence-electron chi connectivity index (χ4n) is 7.68. The maximum Gasteiger partial charge on any atom is 0.0689 e. The summed E-state index contributed by atoms with van der Waals surface area (Å²) in [6.45, 7) is 4.62. The van der Waals surface area contributed by atoms with Crippen LogP contribution in [0.5, 0.6) is 0 Å². The predicted octanol–water partition coefficient (Wildman–Crippen LogP) is 9.85. The largest absolute Gasteiger partial charge is 0.198 e. The van der Waals surface area contributed by atoms with Crippen LogP contribution in [0.1, 0.15) is 149 Å². The first-order valence-electron chi connectivity index (χ1n) is 14.6. The molecule has 0 saturated heterocycles. The van der Waals surface area contributed by atoms with E-state index in [2.05, 4.69) is 19.9 Å². The molecule has 0 bridgehead atoms. The highest BCUT2D eigenvalue weighted by Crippen LogP contribution is 2.49. The van der Waals surface area contributed by atoms with Gasteiger partial charge in [0.1, 0.15) is 0 Å². The Balaban J connectivity index is 1.34. The quantitative estimate of drug-likeness (QED) is 0.301. The molecule has 3 aliphatic rings. The van der Waals surface area contributed by atoms with E-state index in [0.717, 1.165) is 29.6 Å². The summed E-state index contributed by atoms with van der Waals surface area (Å²) in [7, 11) is 0. The van der Waals surface area contributed by atoms with Gasteiger partial charge in [-0.05, 0) is 100 Å². The number of nitrogens with zero attached hydrogens (tertiary/aromatic N) is 1. The molecular weight excluding hydrogens is 374 g/mol. The van der Waals surface area contributed by atoms with Crippen molar-refractivity contribution >= 4 is 0 Å². The highest BCUT2D eigenvalue weighted by Gasteiger charge is 2.39. The van der Waals surface area contributed by atoms with Crippen LogP contribution in [0.2, 0.25) is 0 Å². The van der Waals surface area contributed by atoms with Gasteiger partial charge in [-0.1, -0.05) is 78.1 Å². The molecule has 0 unspecified atom stereocenters. The Kier molecular flexibility index (Phi) is 10.7. The van der Waals surface area contributed by atoms with Crippen LogP contribution in [-0.4, -0.2) is 0 Å². The molecule has 0 spiro atoms. The summed E-state index contributed by atoms with van der Waals surface area (Å²) in [5.74, 6) is 5.09. The van der Waals surface area contributed by atoms with E-state index in [0.29, 0.717) is 0 Å². The minimum Gasteiger partial charge on any atom is -0.198 e. The van der Waals surface area contributed by atoms with Gasteiger partial charge < -0.3 is 0 Å². The zero-order chi connectivity index (χ0) is 21.9. The first kappa shape index (κ1) is 25.1. The Morgan fingerprint density at radius 3 is 1.61 bits per heavy atom. The monoisotopic (exact) mass is 427 g/mol. The molecule has 0 heterocycles. The highest BCUT2D eigenvalue weighted by molar-refractivity contribution is 5.02. The van der Waals surface area contributed by atoms with Crippen molar-refractivity contribution in [3.8, 4) is 6.07 Å². The van der Waals surface area contributed by atoms with Crippen LogP contribution in [0.3, 0.4) is 0 Å². The van der Waals surface area contributed by atoms with Crippen molar-refractivity contribution in [3.05, 3.63) is 0 Å². The number of nitriles is 1. The SMILES string of the molecule is CCCCCCCC1(C#N)CCC(C2CCC(C3CCC(CCCC)CC3)CC2)CC1. The maximum atomic E-state index is 9.94. The van der Waals surface area contributed by atoms with Crippen molar-refractivity contribution in [2.24, 2.45) is 35.0 Å². The lowest BCUT2D eigenvalue weighted by Gasteiger charge is -2.43. The molecule has 0 aromatic heterocycles. The van der Waals surface area contributed by atoms with Crippen LogP contribution in [0.15, 0.2) is 0 Å². The van der Waals surface area contributed by atoms with Crippen LogP contribution >= 0.6 is 0 Å². The Morgan fingerprint density at radius 1 is 0.613 bits per heavy atom. The molecule has 31 heavy (non-hydrogen) atoms. The molecule has 178 valence electrons. The zero-order valence-electron chi connectivity index (χ0n) is 21.2. The van der Waals surface area contributed by atoms with Gasteiger partial charge in [-0.25, -0.2) is 0 Å². The third-order valence-electron chi connectivity index (χ3n) is 9.99. The van der Waals surface area contributed by atoms with Crippen LogP contribution in [0.25, 0.3) is 0 Å². The van der Waals surface area contributed by atoms with Crippen molar-refractivity contribution in [1.29, 1.82) is 5.26 Å². The van der Waals surface area contributed by atoms with E-state index in [9.17, 15) is 5.26 Å². The van der Waals surface area contributed by atoms with Crippen molar-refractivity contribution in [2.45, 2.75) is 149 Å². The van der Waals surface area contributed by atoms with Crippen molar-refractivity contribution in [3.63, 3.8) is 0 Å². The van der Waals surface area contributed by atoms with Crippen LogP contribution in [-0.2, 0) is 0 Å². The van der Waals surface area contributed by atoms with Gasteiger partial charge in [0.05, 0.1) is 11.5 Å². The van der Waals surface area contributed by atoms with E-state index in [1.54, 1.807) is 0 Å². The molecule has 0 aromatic carbocycles. The van der Waals surface area contributed by atoms with Crippen molar-refractivity contribution < 1.29 is 0 Å². The second kappa shape index (κ2) is 13.3. The molecule has 0 amide bonds. The Hall–Kier alpha value is -0.510. The third kappa shape index (κ3) is 7.51. The highest BCUT2D eigenvalue weighted by atomic mass is 14.5. The van der Waals surface area contributed by atoms with Gasteiger partial charge in [0.2, 0.25) is 0 Å². The number of rotatable bonds is 11. The summed E-state index contributed by atoms with van der Waals surface area (Å²) in [5.41, 5.74) is 0.0380. The van der Waals surface area contributed by atoms with Crippen LogP contribution in [0, 0.1) is 46.3 Å². The summed E-state index contributed by atoms with van der Waals surface area (Å²) in [6, 6.07) is 2.80. The summed E-state index contributed by atoms with van der Waals surface area (Å²) >= 11 is 0. The van der Waals surface area contributed by atoms with Crippen molar-refractivity contribution in [1.82, 2.24) is 0 Å². The first-order valence-corrected chi connectivity index (χ1v) is 14.6. The van der Waals surface area contributed by atoms with E-state index in [1.807, 2.05) is 0 Å². The standard InChI is InChI=1S/C30H53N/c1-3-5-7-8-9-21-30(24-31)22-19-29(20-23-30)28-17-15-27(16-18-28)26-13-11-25(12-14-26)10-6-4-2/h25-29H,3-23H2,1-2H3. The topological polar surface area (TPSA) is 23.8 Å². The number of hydrogen-bond donors (Lipinski definition) is 0. The van der Waals surface area contributed by atoms with E-state index < -0.39 is 0 Å². The minimum atomic E-state index is 0.0380. The molecule has 3 aliphatic carbocycles. The molecule has 0 aliphatic heterocycles. The average molecular weight is 428 g/mol. The van der Waals surface area contributed by atoms with E-state index in [1.165, 1.54) is 135 Å². The molecule has 0 atom stereocenters. The first-order chi connectivity index (χ1) is 15.2. The third-order valence-corrected chi connectivity index (χ3v) is 9.99. The summed E-state index contributed by atoms with van der Waals surface area (Å²) < 4.78 is 0. The van der Waals surface area contributed by atoms with Crippen LogP contribution in [0.4, 0.5) is 0 Å². The molecule has 1 nitrogen and oxygen atoms in total. The number of unbranched alkanes of at least 4 members (excludes halogenated alkanes) is 5. The lowest BCUT2D eigenvalue weighted by Crippen LogP contribution is -2.32. The van der Waals surface area contributed by atoms with Gasteiger partial charge in [0.15, 0.2) is 0 Å². The fraction of sp³-hybridized carbons (Fsp3) is 0.967. The number of hydrogen-bond acceptors (Lipinski definition) is 1. The molecule has 0 aromatic rings.